The minimum absolute atomic E-state index is 0.440. The Balaban J connectivity index is 1.71. The van der Waals surface area contributed by atoms with Crippen LogP contribution >= 0.6 is 0 Å². The van der Waals surface area contributed by atoms with E-state index in [2.05, 4.69) is 4.90 Å². The van der Waals surface area contributed by atoms with Gasteiger partial charge in [-0.2, -0.15) is 4.31 Å². The van der Waals surface area contributed by atoms with E-state index in [4.69, 9.17) is 0 Å². The highest BCUT2D eigenvalue weighted by molar-refractivity contribution is 7.89. The highest BCUT2D eigenvalue weighted by atomic mass is 32.2. The van der Waals surface area contributed by atoms with Gasteiger partial charge in [-0.05, 0) is 55.5 Å². The molecule has 6 heteroatoms. The lowest BCUT2D eigenvalue weighted by atomic mass is 10.0. The Kier molecular flexibility index (Phi) is 6.25. The van der Waals surface area contributed by atoms with Gasteiger partial charge in [-0.3, -0.25) is 4.90 Å². The van der Waals surface area contributed by atoms with Gasteiger partial charge in [0.2, 0.25) is 10.0 Å². The van der Waals surface area contributed by atoms with Gasteiger partial charge >= 0.3 is 0 Å². The zero-order valence-electron chi connectivity index (χ0n) is 17.1. The van der Waals surface area contributed by atoms with Crippen LogP contribution in [0.4, 0.5) is 0 Å². The monoisotopic (exact) mass is 402 g/mol. The van der Waals surface area contributed by atoms with Crippen molar-refractivity contribution in [3.8, 4) is 0 Å². The first-order valence-corrected chi connectivity index (χ1v) is 11.2. The summed E-state index contributed by atoms with van der Waals surface area (Å²) < 4.78 is 28.3. The maximum absolute atomic E-state index is 13.3. The van der Waals surface area contributed by atoms with Gasteiger partial charge in [-0.25, -0.2) is 8.42 Å². The third-order valence-electron chi connectivity index (χ3n) is 5.84. The number of hydrogen-bond acceptors (Lipinski definition) is 4. The van der Waals surface area contributed by atoms with Gasteiger partial charge in [0.05, 0.1) is 11.0 Å². The van der Waals surface area contributed by atoms with E-state index in [9.17, 15) is 13.5 Å². The van der Waals surface area contributed by atoms with Crippen molar-refractivity contribution in [3.63, 3.8) is 0 Å². The van der Waals surface area contributed by atoms with E-state index in [-0.39, 0.29) is 0 Å². The number of β-amino-alcohol motifs (C(OH)–C–C–N with tert-alkyl or cyclic N) is 1. The predicted molar refractivity (Wildman–Crippen MR) is 112 cm³/mol. The largest absolute Gasteiger partial charge is 0.387 e. The Morgan fingerprint density at radius 2 is 1.46 bits per heavy atom. The molecule has 3 rings (SSSR count). The van der Waals surface area contributed by atoms with Crippen molar-refractivity contribution in [3.05, 3.63) is 64.2 Å². The van der Waals surface area contributed by atoms with Gasteiger partial charge in [0, 0.05) is 32.7 Å². The Morgan fingerprint density at radius 3 is 2.00 bits per heavy atom. The molecular weight excluding hydrogens is 372 g/mol. The zero-order chi connectivity index (χ0) is 20.5. The van der Waals surface area contributed by atoms with Crippen molar-refractivity contribution in [1.82, 2.24) is 9.21 Å². The average molecular weight is 403 g/mol. The van der Waals surface area contributed by atoms with Crippen LogP contribution in [-0.2, 0) is 10.0 Å². The smallest absolute Gasteiger partial charge is 0.243 e. The number of benzene rings is 2. The summed E-state index contributed by atoms with van der Waals surface area (Å²) in [7, 11) is -3.53. The SMILES string of the molecule is Cc1cc(C)c(C)c(S(=O)(=O)N2CCN(C[C@@H](O)c3ccccc3)CC2)c1C. The maximum Gasteiger partial charge on any atom is 0.243 e. The fourth-order valence-corrected chi connectivity index (χ4v) is 5.87. The molecule has 1 aliphatic rings. The number of aryl methyl sites for hydroxylation is 2. The van der Waals surface area contributed by atoms with E-state index in [1.54, 1.807) is 4.31 Å². The van der Waals surface area contributed by atoms with Gasteiger partial charge in [-0.1, -0.05) is 36.4 Å². The topological polar surface area (TPSA) is 60.9 Å². The summed E-state index contributed by atoms with van der Waals surface area (Å²) in [4.78, 5) is 2.59. The van der Waals surface area contributed by atoms with Crippen LogP contribution < -0.4 is 0 Å². The number of aliphatic hydroxyl groups is 1. The number of rotatable bonds is 5. The lowest BCUT2D eigenvalue weighted by Gasteiger charge is -2.35. The first-order valence-electron chi connectivity index (χ1n) is 9.74. The van der Waals surface area contributed by atoms with E-state index in [1.165, 1.54) is 0 Å². The molecule has 0 amide bonds. The van der Waals surface area contributed by atoms with Crippen LogP contribution in [0.5, 0.6) is 0 Å². The molecule has 1 fully saturated rings. The molecular formula is C22H30N2O3S. The lowest BCUT2D eigenvalue weighted by Crippen LogP contribution is -2.49. The van der Waals surface area contributed by atoms with Crippen molar-refractivity contribution in [2.75, 3.05) is 32.7 Å². The molecule has 0 spiro atoms. The second-order valence-electron chi connectivity index (χ2n) is 7.72. The quantitative estimate of drug-likeness (QED) is 0.835. The van der Waals surface area contributed by atoms with Crippen LogP contribution in [-0.4, -0.2) is 55.5 Å². The van der Waals surface area contributed by atoms with Crippen molar-refractivity contribution in [2.24, 2.45) is 0 Å². The molecule has 1 N–H and O–H groups in total. The highest BCUT2D eigenvalue weighted by Gasteiger charge is 2.32. The molecule has 0 unspecified atom stereocenters. The summed E-state index contributed by atoms with van der Waals surface area (Å²) >= 11 is 0. The second kappa shape index (κ2) is 8.33. The number of sulfonamides is 1. The predicted octanol–water partition coefficient (Wildman–Crippen LogP) is 2.96. The molecule has 2 aromatic rings. The summed E-state index contributed by atoms with van der Waals surface area (Å²) in [6.45, 7) is 10.3. The Labute approximate surface area is 168 Å². The van der Waals surface area contributed by atoms with Crippen LogP contribution in [0.1, 0.15) is 33.9 Å². The standard InChI is InChI=1S/C22H30N2O3S/c1-16-14-17(2)19(4)22(18(16)3)28(26,27)24-12-10-23(11-13-24)15-21(25)20-8-6-5-7-9-20/h5-9,14,21,25H,10-13,15H2,1-4H3/t21-/m1/s1. The zero-order valence-corrected chi connectivity index (χ0v) is 18.0. The third kappa shape index (κ3) is 4.15. The molecule has 2 aromatic carbocycles. The minimum atomic E-state index is -3.53. The van der Waals surface area contributed by atoms with E-state index in [0.717, 1.165) is 27.8 Å². The first-order chi connectivity index (χ1) is 13.2. The molecule has 0 bridgehead atoms. The van der Waals surface area contributed by atoms with Gasteiger partial charge in [0.1, 0.15) is 0 Å². The minimum Gasteiger partial charge on any atom is -0.387 e. The fourth-order valence-electron chi connectivity index (χ4n) is 3.87. The van der Waals surface area contributed by atoms with Crippen molar-refractivity contribution in [1.29, 1.82) is 0 Å². The Morgan fingerprint density at radius 1 is 0.929 bits per heavy atom. The lowest BCUT2D eigenvalue weighted by molar-refractivity contribution is 0.0921. The molecule has 5 nitrogen and oxygen atoms in total. The highest BCUT2D eigenvalue weighted by Crippen LogP contribution is 2.29. The Hall–Kier alpha value is -1.73. The van der Waals surface area contributed by atoms with Crippen molar-refractivity contribution >= 4 is 10.0 Å². The second-order valence-corrected chi connectivity index (χ2v) is 9.60. The first kappa shape index (κ1) is 21.0. The van der Waals surface area contributed by atoms with Crippen molar-refractivity contribution in [2.45, 2.75) is 38.7 Å². The fraction of sp³-hybridized carbons (Fsp3) is 0.455. The van der Waals surface area contributed by atoms with Gasteiger partial charge in [0.25, 0.3) is 0 Å². The third-order valence-corrected chi connectivity index (χ3v) is 8.02. The summed E-state index contributed by atoms with van der Waals surface area (Å²) in [5.41, 5.74) is 4.58. The number of piperazine rings is 1. The van der Waals surface area contributed by atoms with E-state index >= 15 is 0 Å². The van der Waals surface area contributed by atoms with Crippen molar-refractivity contribution < 1.29 is 13.5 Å². The van der Waals surface area contributed by atoms with Crippen LogP contribution in [0.3, 0.4) is 0 Å². The number of nitrogens with zero attached hydrogens (tertiary/aromatic N) is 2. The molecule has 1 saturated heterocycles. The van der Waals surface area contributed by atoms with Gasteiger partial charge in [-0.15, -0.1) is 0 Å². The summed E-state index contributed by atoms with van der Waals surface area (Å²) in [5, 5.41) is 10.4. The van der Waals surface area contributed by atoms with Crippen LogP contribution in [0.15, 0.2) is 41.3 Å². The summed E-state index contributed by atoms with van der Waals surface area (Å²) in [6, 6.07) is 11.6. The summed E-state index contributed by atoms with van der Waals surface area (Å²) in [6.07, 6.45) is -0.562. The molecule has 1 atom stereocenters. The molecule has 152 valence electrons. The van der Waals surface area contributed by atoms with Gasteiger partial charge in [0.15, 0.2) is 0 Å². The molecule has 1 heterocycles. The average Bonchev–Trinajstić information content (AvgIpc) is 2.67. The molecule has 0 aromatic heterocycles. The molecule has 0 radical (unpaired) electrons. The Bertz CT molecular complexity index is 908. The molecule has 28 heavy (non-hydrogen) atoms. The summed E-state index contributed by atoms with van der Waals surface area (Å²) in [5.74, 6) is 0. The molecule has 1 aliphatic heterocycles. The number of aliphatic hydroxyl groups excluding tert-OH is 1. The number of hydrogen-bond donors (Lipinski definition) is 1. The molecule has 0 aliphatic carbocycles. The normalized spacial score (nSPS) is 17.6. The van der Waals surface area contributed by atoms with E-state index in [1.807, 2.05) is 64.1 Å². The molecule has 0 saturated carbocycles. The maximum atomic E-state index is 13.3. The van der Waals surface area contributed by atoms with Crippen LogP contribution in [0.2, 0.25) is 0 Å². The van der Waals surface area contributed by atoms with E-state index in [0.29, 0.717) is 37.6 Å². The van der Waals surface area contributed by atoms with Crippen LogP contribution in [0.25, 0.3) is 0 Å². The van der Waals surface area contributed by atoms with Crippen LogP contribution in [0, 0.1) is 27.7 Å². The van der Waals surface area contributed by atoms with Gasteiger partial charge < -0.3 is 5.11 Å². The van der Waals surface area contributed by atoms with E-state index < -0.39 is 16.1 Å².